The highest BCUT2D eigenvalue weighted by atomic mass is 19.1. The van der Waals surface area contributed by atoms with Gasteiger partial charge in [-0.1, -0.05) is 0 Å². The van der Waals surface area contributed by atoms with Crippen LogP contribution in [-0.4, -0.2) is 73.2 Å². The number of likely N-dealkylation sites (tertiary alicyclic amines) is 1. The SMILES string of the molecule is CN(c1ccc(N2C[C@H](CO)OC2=O)cc1F)[C@H]1CCN(C(=O)OC(C)(C)C)C1. The first-order chi connectivity index (χ1) is 13.6. The molecule has 3 rings (SSSR count). The van der Waals surface area contributed by atoms with Gasteiger partial charge in [0.05, 0.1) is 24.5 Å². The normalized spacial score (nSPS) is 22.1. The van der Waals surface area contributed by atoms with Gasteiger partial charge in [-0.2, -0.15) is 0 Å². The molecule has 2 aliphatic rings. The van der Waals surface area contributed by atoms with Crippen molar-refractivity contribution in [3.63, 3.8) is 0 Å². The number of hydrogen-bond donors (Lipinski definition) is 1. The fraction of sp³-hybridized carbons (Fsp3) is 0.600. The van der Waals surface area contributed by atoms with Gasteiger partial charge in [-0.15, -0.1) is 0 Å². The Labute approximate surface area is 169 Å². The molecule has 1 aromatic rings. The average Bonchev–Trinajstić information content (AvgIpc) is 3.26. The van der Waals surface area contributed by atoms with E-state index >= 15 is 0 Å². The predicted octanol–water partition coefficient (Wildman–Crippen LogP) is 2.59. The molecule has 0 unspecified atom stereocenters. The summed E-state index contributed by atoms with van der Waals surface area (Å²) < 4.78 is 25.2. The van der Waals surface area contributed by atoms with Crippen molar-refractivity contribution in [2.24, 2.45) is 0 Å². The lowest BCUT2D eigenvalue weighted by atomic mass is 10.1. The Hall–Kier alpha value is -2.55. The van der Waals surface area contributed by atoms with E-state index in [1.165, 1.54) is 11.0 Å². The average molecular weight is 409 g/mol. The monoisotopic (exact) mass is 409 g/mol. The molecule has 160 valence electrons. The van der Waals surface area contributed by atoms with Crippen molar-refractivity contribution in [1.29, 1.82) is 0 Å². The molecule has 2 amide bonds. The molecule has 0 aliphatic carbocycles. The van der Waals surface area contributed by atoms with Crippen LogP contribution in [0.15, 0.2) is 18.2 Å². The van der Waals surface area contributed by atoms with Gasteiger partial charge >= 0.3 is 12.2 Å². The van der Waals surface area contributed by atoms with Crippen molar-refractivity contribution in [1.82, 2.24) is 4.90 Å². The Morgan fingerprint density at radius 1 is 1.38 bits per heavy atom. The zero-order valence-electron chi connectivity index (χ0n) is 17.2. The minimum Gasteiger partial charge on any atom is -0.444 e. The lowest BCUT2D eigenvalue weighted by Crippen LogP contribution is -2.39. The number of ether oxygens (including phenoxy) is 2. The molecule has 0 bridgehead atoms. The molecule has 0 spiro atoms. The topological polar surface area (TPSA) is 82.5 Å². The van der Waals surface area contributed by atoms with Gasteiger partial charge in [-0.25, -0.2) is 14.0 Å². The van der Waals surface area contributed by atoms with Crippen LogP contribution in [0.4, 0.5) is 25.4 Å². The number of carbonyl (C=O) groups excluding carboxylic acids is 2. The van der Waals surface area contributed by atoms with E-state index in [-0.39, 0.29) is 25.3 Å². The summed E-state index contributed by atoms with van der Waals surface area (Å²) in [6.07, 6.45) is -0.873. The smallest absolute Gasteiger partial charge is 0.414 e. The molecule has 9 heteroatoms. The van der Waals surface area contributed by atoms with Crippen LogP contribution >= 0.6 is 0 Å². The summed E-state index contributed by atoms with van der Waals surface area (Å²) in [6, 6.07) is 4.50. The van der Waals surface area contributed by atoms with Crippen molar-refractivity contribution < 1.29 is 28.6 Å². The van der Waals surface area contributed by atoms with Crippen LogP contribution in [0.25, 0.3) is 0 Å². The fourth-order valence-electron chi connectivity index (χ4n) is 3.52. The number of carbonyl (C=O) groups is 2. The van der Waals surface area contributed by atoms with Crippen LogP contribution in [0.3, 0.4) is 0 Å². The third kappa shape index (κ3) is 4.72. The van der Waals surface area contributed by atoms with Gasteiger partial charge in [0.1, 0.15) is 17.5 Å². The second-order valence-corrected chi connectivity index (χ2v) is 8.41. The van der Waals surface area contributed by atoms with E-state index in [2.05, 4.69) is 0 Å². The van der Waals surface area contributed by atoms with E-state index in [4.69, 9.17) is 14.6 Å². The number of cyclic esters (lactones) is 1. The third-order valence-electron chi connectivity index (χ3n) is 5.06. The Bertz CT molecular complexity index is 782. The Kier molecular flexibility index (Phi) is 5.88. The Morgan fingerprint density at radius 3 is 2.69 bits per heavy atom. The first-order valence-electron chi connectivity index (χ1n) is 9.68. The number of rotatable bonds is 4. The summed E-state index contributed by atoms with van der Waals surface area (Å²) in [5, 5.41) is 9.14. The molecular weight excluding hydrogens is 381 g/mol. The summed E-state index contributed by atoms with van der Waals surface area (Å²) in [7, 11) is 1.78. The van der Waals surface area contributed by atoms with Gasteiger partial charge < -0.3 is 24.4 Å². The molecule has 2 saturated heterocycles. The number of halogens is 1. The quantitative estimate of drug-likeness (QED) is 0.823. The van der Waals surface area contributed by atoms with E-state index < -0.39 is 23.6 Å². The van der Waals surface area contributed by atoms with Gasteiger partial charge in [0, 0.05) is 26.2 Å². The highest BCUT2D eigenvalue weighted by Gasteiger charge is 2.34. The van der Waals surface area contributed by atoms with Crippen molar-refractivity contribution >= 4 is 23.6 Å². The number of hydrogen-bond acceptors (Lipinski definition) is 6. The van der Waals surface area contributed by atoms with Crippen molar-refractivity contribution in [3.8, 4) is 0 Å². The van der Waals surface area contributed by atoms with Gasteiger partial charge in [-0.05, 0) is 45.4 Å². The molecule has 1 N–H and O–H groups in total. The van der Waals surface area contributed by atoms with E-state index in [9.17, 15) is 14.0 Å². The maximum Gasteiger partial charge on any atom is 0.414 e. The standard InChI is InChI=1S/C20H28FN3O5/c1-20(2,3)29-18(26)23-8-7-14(10-23)22(4)17-6-5-13(9-16(17)21)24-11-15(12-25)28-19(24)27/h5-6,9,14-15,25H,7-8,10-12H2,1-4H3/t14-,15+/m0/s1. The number of aliphatic hydroxyl groups excluding tert-OH is 1. The maximum absolute atomic E-state index is 14.8. The largest absolute Gasteiger partial charge is 0.444 e. The Balaban J connectivity index is 1.67. The number of benzene rings is 1. The van der Waals surface area contributed by atoms with Crippen LogP contribution in [0, 0.1) is 5.82 Å². The van der Waals surface area contributed by atoms with Gasteiger partial charge in [-0.3, -0.25) is 4.90 Å². The fourth-order valence-corrected chi connectivity index (χ4v) is 3.52. The van der Waals surface area contributed by atoms with Crippen LogP contribution in [0.5, 0.6) is 0 Å². The van der Waals surface area contributed by atoms with Crippen molar-refractivity contribution in [3.05, 3.63) is 24.0 Å². The Morgan fingerprint density at radius 2 is 2.10 bits per heavy atom. The zero-order valence-corrected chi connectivity index (χ0v) is 17.2. The molecule has 8 nitrogen and oxygen atoms in total. The van der Waals surface area contributed by atoms with Gasteiger partial charge in [0.25, 0.3) is 0 Å². The van der Waals surface area contributed by atoms with E-state index in [1.807, 2.05) is 25.7 Å². The first kappa shape index (κ1) is 21.2. The van der Waals surface area contributed by atoms with Crippen molar-refractivity contribution in [2.75, 3.05) is 43.1 Å². The molecule has 0 aromatic heterocycles. The number of amides is 2. The van der Waals surface area contributed by atoms with Crippen molar-refractivity contribution in [2.45, 2.75) is 44.9 Å². The molecule has 2 aliphatic heterocycles. The van der Waals surface area contributed by atoms with Crippen LogP contribution in [0.1, 0.15) is 27.2 Å². The van der Waals surface area contributed by atoms with Crippen LogP contribution in [0.2, 0.25) is 0 Å². The second-order valence-electron chi connectivity index (χ2n) is 8.41. The highest BCUT2D eigenvalue weighted by Crippen LogP contribution is 2.30. The predicted molar refractivity (Wildman–Crippen MR) is 106 cm³/mol. The summed E-state index contributed by atoms with van der Waals surface area (Å²) in [6.45, 7) is 6.36. The summed E-state index contributed by atoms with van der Waals surface area (Å²) >= 11 is 0. The summed E-state index contributed by atoms with van der Waals surface area (Å²) in [5.41, 5.74) is 0.202. The lowest BCUT2D eigenvalue weighted by Gasteiger charge is -2.28. The van der Waals surface area contributed by atoms with E-state index in [0.717, 1.165) is 0 Å². The van der Waals surface area contributed by atoms with Gasteiger partial charge in [0.15, 0.2) is 0 Å². The first-order valence-corrected chi connectivity index (χ1v) is 9.68. The molecule has 0 saturated carbocycles. The minimum absolute atomic E-state index is 0.0432. The lowest BCUT2D eigenvalue weighted by molar-refractivity contribution is 0.0292. The number of anilines is 2. The minimum atomic E-state index is -0.606. The summed E-state index contributed by atoms with van der Waals surface area (Å²) in [5.74, 6) is -0.471. The second kappa shape index (κ2) is 8.06. The van der Waals surface area contributed by atoms with E-state index in [0.29, 0.717) is 30.9 Å². The van der Waals surface area contributed by atoms with E-state index in [1.54, 1.807) is 24.1 Å². The molecule has 29 heavy (non-hydrogen) atoms. The highest BCUT2D eigenvalue weighted by molar-refractivity contribution is 5.90. The number of nitrogens with zero attached hydrogens (tertiary/aromatic N) is 3. The van der Waals surface area contributed by atoms with Gasteiger partial charge in [0.2, 0.25) is 0 Å². The zero-order chi connectivity index (χ0) is 21.3. The number of aliphatic hydroxyl groups is 1. The molecule has 1 aromatic carbocycles. The third-order valence-corrected chi connectivity index (χ3v) is 5.06. The van der Waals surface area contributed by atoms with Crippen LogP contribution in [-0.2, 0) is 9.47 Å². The van der Waals surface area contributed by atoms with Crippen LogP contribution < -0.4 is 9.80 Å². The maximum atomic E-state index is 14.8. The molecular formula is C20H28FN3O5. The molecule has 0 radical (unpaired) electrons. The molecule has 2 atom stereocenters. The molecule has 2 heterocycles. The molecule has 2 fully saturated rings. The summed E-state index contributed by atoms with van der Waals surface area (Å²) in [4.78, 5) is 28.9. The number of likely N-dealkylation sites (N-methyl/N-ethyl adjacent to an activating group) is 1.